The topological polar surface area (TPSA) is 92.4 Å². The van der Waals surface area contributed by atoms with Crippen LogP contribution < -0.4 is 11.1 Å². The van der Waals surface area contributed by atoms with Crippen LogP contribution in [0.15, 0.2) is 0 Å². The van der Waals surface area contributed by atoms with Gasteiger partial charge in [-0.2, -0.15) is 0 Å². The molecule has 0 bridgehead atoms. The summed E-state index contributed by atoms with van der Waals surface area (Å²) in [5.41, 5.74) is 5.63. The van der Waals surface area contributed by atoms with Gasteiger partial charge in [0.1, 0.15) is 0 Å². The number of nitrogens with two attached hydrogens (primary N) is 1. The van der Waals surface area contributed by atoms with Crippen LogP contribution in [0.1, 0.15) is 59.8 Å². The monoisotopic (exact) mass is 300 g/mol. The highest BCUT2D eigenvalue weighted by Gasteiger charge is 2.19. The minimum atomic E-state index is -0.807. The van der Waals surface area contributed by atoms with E-state index < -0.39 is 5.97 Å². The molecule has 0 rings (SSSR count). The first kappa shape index (κ1) is 19.9. The van der Waals surface area contributed by atoms with Crippen molar-refractivity contribution in [3.05, 3.63) is 0 Å². The fourth-order valence-electron chi connectivity index (χ4n) is 2.47. The van der Waals surface area contributed by atoms with Crippen molar-refractivity contribution in [2.24, 2.45) is 23.0 Å². The van der Waals surface area contributed by atoms with Crippen molar-refractivity contribution in [2.75, 3.05) is 13.1 Å². The van der Waals surface area contributed by atoms with Crippen LogP contribution >= 0.6 is 0 Å². The van der Waals surface area contributed by atoms with Gasteiger partial charge in [-0.25, -0.2) is 0 Å². The van der Waals surface area contributed by atoms with E-state index in [1.54, 1.807) is 0 Å². The van der Waals surface area contributed by atoms with Gasteiger partial charge in [0.2, 0.25) is 5.91 Å². The molecule has 0 fully saturated rings. The first-order chi connectivity index (χ1) is 9.66. The molecule has 0 aliphatic rings. The highest BCUT2D eigenvalue weighted by molar-refractivity contribution is 5.76. The standard InChI is InChI=1S/C16H32N2O3/c1-12(2)9-13(10-15(20)21)11-18-14(19)5-6-16(3,4)7-8-17/h12-13H,5-11,17H2,1-4H3,(H,18,19)(H,20,21). The van der Waals surface area contributed by atoms with Crippen molar-refractivity contribution in [3.63, 3.8) is 0 Å². The van der Waals surface area contributed by atoms with Gasteiger partial charge in [-0.1, -0.05) is 27.7 Å². The first-order valence-electron chi connectivity index (χ1n) is 7.85. The van der Waals surface area contributed by atoms with Crippen molar-refractivity contribution in [1.82, 2.24) is 5.32 Å². The lowest BCUT2D eigenvalue weighted by molar-refractivity contribution is -0.138. The minimum Gasteiger partial charge on any atom is -0.481 e. The van der Waals surface area contributed by atoms with Gasteiger partial charge >= 0.3 is 5.97 Å². The van der Waals surface area contributed by atoms with Crippen molar-refractivity contribution in [1.29, 1.82) is 0 Å². The van der Waals surface area contributed by atoms with E-state index in [1.807, 2.05) is 0 Å². The number of hydrogen-bond donors (Lipinski definition) is 3. The summed E-state index contributed by atoms with van der Waals surface area (Å²) in [4.78, 5) is 22.7. The third-order valence-corrected chi connectivity index (χ3v) is 3.71. The minimum absolute atomic E-state index is 0.000702. The number of aliphatic carboxylic acids is 1. The Bertz CT molecular complexity index is 327. The fraction of sp³-hybridized carbons (Fsp3) is 0.875. The van der Waals surface area contributed by atoms with Gasteiger partial charge in [0.25, 0.3) is 0 Å². The maximum absolute atomic E-state index is 11.9. The van der Waals surface area contributed by atoms with Crippen LogP contribution in [0.4, 0.5) is 0 Å². The number of carboxylic acids is 1. The van der Waals surface area contributed by atoms with Crippen LogP contribution in [-0.2, 0) is 9.59 Å². The largest absolute Gasteiger partial charge is 0.481 e. The number of carboxylic acid groups (broad SMARTS) is 1. The summed E-state index contributed by atoms with van der Waals surface area (Å²) in [6.45, 7) is 9.42. The van der Waals surface area contributed by atoms with Crippen LogP contribution in [0, 0.1) is 17.3 Å². The molecular formula is C16H32N2O3. The molecule has 0 aromatic rings. The Hall–Kier alpha value is -1.10. The van der Waals surface area contributed by atoms with Crippen molar-refractivity contribution >= 4 is 11.9 Å². The lowest BCUT2D eigenvalue weighted by atomic mass is 9.84. The summed E-state index contributed by atoms with van der Waals surface area (Å²) in [5.74, 6) is -0.378. The van der Waals surface area contributed by atoms with E-state index in [2.05, 4.69) is 33.0 Å². The van der Waals surface area contributed by atoms with Crippen LogP contribution in [0.2, 0.25) is 0 Å². The molecule has 0 radical (unpaired) electrons. The van der Waals surface area contributed by atoms with Gasteiger partial charge in [-0.15, -0.1) is 0 Å². The predicted octanol–water partition coefficient (Wildman–Crippen LogP) is 2.39. The molecule has 0 heterocycles. The second-order valence-electron chi connectivity index (χ2n) is 7.10. The van der Waals surface area contributed by atoms with E-state index in [0.29, 0.717) is 25.4 Å². The van der Waals surface area contributed by atoms with Crippen molar-refractivity contribution in [2.45, 2.75) is 59.8 Å². The highest BCUT2D eigenvalue weighted by Crippen LogP contribution is 2.25. The molecule has 4 N–H and O–H groups in total. The Morgan fingerprint density at radius 3 is 2.33 bits per heavy atom. The van der Waals surface area contributed by atoms with E-state index in [-0.39, 0.29) is 23.7 Å². The lowest BCUT2D eigenvalue weighted by Gasteiger charge is -2.23. The van der Waals surface area contributed by atoms with E-state index in [1.165, 1.54) is 0 Å². The van der Waals surface area contributed by atoms with Gasteiger partial charge in [0.05, 0.1) is 0 Å². The first-order valence-corrected chi connectivity index (χ1v) is 7.85. The van der Waals surface area contributed by atoms with E-state index in [9.17, 15) is 9.59 Å². The van der Waals surface area contributed by atoms with Gasteiger partial charge in [-0.3, -0.25) is 9.59 Å². The molecule has 1 amide bonds. The molecule has 0 aliphatic heterocycles. The second kappa shape index (κ2) is 9.77. The molecule has 0 aromatic heterocycles. The molecule has 0 spiro atoms. The smallest absolute Gasteiger partial charge is 0.303 e. The normalized spacial score (nSPS) is 13.2. The molecular weight excluding hydrogens is 268 g/mol. The van der Waals surface area contributed by atoms with Crippen LogP contribution in [-0.4, -0.2) is 30.1 Å². The average Bonchev–Trinajstić information content (AvgIpc) is 2.32. The third kappa shape index (κ3) is 11.3. The fourth-order valence-corrected chi connectivity index (χ4v) is 2.47. The molecule has 0 saturated heterocycles. The zero-order valence-electron chi connectivity index (χ0n) is 13.9. The van der Waals surface area contributed by atoms with Crippen LogP contribution in [0.25, 0.3) is 0 Å². The maximum atomic E-state index is 11.9. The molecule has 21 heavy (non-hydrogen) atoms. The van der Waals surface area contributed by atoms with Crippen LogP contribution in [0.5, 0.6) is 0 Å². The lowest BCUT2D eigenvalue weighted by Crippen LogP contribution is -2.32. The van der Waals surface area contributed by atoms with Gasteiger partial charge < -0.3 is 16.2 Å². The molecule has 124 valence electrons. The summed E-state index contributed by atoms with van der Waals surface area (Å²) in [5, 5.41) is 11.8. The van der Waals surface area contributed by atoms with Crippen LogP contribution in [0.3, 0.4) is 0 Å². The molecule has 0 saturated carbocycles. The van der Waals surface area contributed by atoms with E-state index in [4.69, 9.17) is 10.8 Å². The summed E-state index contributed by atoms with van der Waals surface area (Å²) in [6.07, 6.45) is 3.08. The molecule has 0 aliphatic carbocycles. The molecule has 1 unspecified atom stereocenters. The molecule has 5 nitrogen and oxygen atoms in total. The summed E-state index contributed by atoms with van der Waals surface area (Å²) < 4.78 is 0. The van der Waals surface area contributed by atoms with Gasteiger partial charge in [0, 0.05) is 19.4 Å². The summed E-state index contributed by atoms with van der Waals surface area (Å²) >= 11 is 0. The Kier molecular flexibility index (Phi) is 9.26. The SMILES string of the molecule is CC(C)CC(CNC(=O)CCC(C)(C)CCN)CC(=O)O. The number of rotatable bonds is 11. The second-order valence-corrected chi connectivity index (χ2v) is 7.10. The zero-order chi connectivity index (χ0) is 16.5. The Balaban J connectivity index is 4.15. The summed E-state index contributed by atoms with van der Waals surface area (Å²) in [6, 6.07) is 0. The number of hydrogen-bond acceptors (Lipinski definition) is 3. The maximum Gasteiger partial charge on any atom is 0.303 e. The Morgan fingerprint density at radius 2 is 1.86 bits per heavy atom. The van der Waals surface area contributed by atoms with E-state index in [0.717, 1.165) is 19.3 Å². The highest BCUT2D eigenvalue weighted by atomic mass is 16.4. The third-order valence-electron chi connectivity index (χ3n) is 3.71. The quantitative estimate of drug-likeness (QED) is 0.546. The van der Waals surface area contributed by atoms with Gasteiger partial charge in [-0.05, 0) is 43.1 Å². The van der Waals surface area contributed by atoms with E-state index >= 15 is 0 Å². The zero-order valence-corrected chi connectivity index (χ0v) is 13.9. The Labute approximate surface area is 128 Å². The van der Waals surface area contributed by atoms with Crippen molar-refractivity contribution in [3.8, 4) is 0 Å². The predicted molar refractivity (Wildman–Crippen MR) is 84.9 cm³/mol. The average molecular weight is 300 g/mol. The molecule has 0 aromatic carbocycles. The van der Waals surface area contributed by atoms with Gasteiger partial charge in [0.15, 0.2) is 0 Å². The number of amides is 1. The molecule has 5 heteroatoms. The summed E-state index contributed by atoms with van der Waals surface area (Å²) in [7, 11) is 0. The number of carbonyl (C=O) groups is 2. The van der Waals surface area contributed by atoms with Crippen molar-refractivity contribution < 1.29 is 14.7 Å². The number of carbonyl (C=O) groups excluding carboxylic acids is 1. The number of nitrogens with one attached hydrogen (secondary N) is 1. The molecule has 1 atom stereocenters. The Morgan fingerprint density at radius 1 is 1.24 bits per heavy atom.